The van der Waals surface area contributed by atoms with Crippen molar-refractivity contribution in [3.63, 3.8) is 0 Å². The van der Waals surface area contributed by atoms with Crippen LogP contribution in [0.15, 0.2) is 24.3 Å². The Morgan fingerprint density at radius 3 is 2.02 bits per heavy atom. The van der Waals surface area contributed by atoms with Crippen LogP contribution in [0.5, 0.6) is 0 Å². The van der Waals surface area contributed by atoms with Crippen LogP contribution in [0.4, 0.5) is 4.79 Å². The molecule has 0 heterocycles. The van der Waals surface area contributed by atoms with Crippen molar-refractivity contribution in [3.05, 3.63) is 35.4 Å². The Kier molecular flexibility index (Phi) is 15.9. The molecule has 0 radical (unpaired) electrons. The van der Waals surface area contributed by atoms with Gasteiger partial charge in [-0.05, 0) is 58.9 Å². The van der Waals surface area contributed by atoms with E-state index in [9.17, 15) is 14.4 Å². The summed E-state index contributed by atoms with van der Waals surface area (Å²) in [5, 5.41) is 6.01. The van der Waals surface area contributed by atoms with E-state index in [1.54, 1.807) is 25.7 Å². The number of alkyl carbamates (subject to hydrolysis) is 1. The summed E-state index contributed by atoms with van der Waals surface area (Å²) < 4.78 is 5.51. The predicted molar refractivity (Wildman–Crippen MR) is 164 cm³/mol. The van der Waals surface area contributed by atoms with Crippen molar-refractivity contribution in [1.82, 2.24) is 15.5 Å². The number of hydrogen-bond donors (Lipinski definition) is 2. The maximum absolute atomic E-state index is 14.4. The predicted octanol–water partition coefficient (Wildman–Crippen LogP) is 7.47. The number of carbonyl (C=O) groups excluding carboxylic acids is 3. The highest BCUT2D eigenvalue weighted by Crippen LogP contribution is 2.26. The van der Waals surface area contributed by atoms with E-state index in [1.807, 2.05) is 52.0 Å². The van der Waals surface area contributed by atoms with E-state index in [4.69, 9.17) is 4.74 Å². The molecule has 0 aliphatic rings. The number of benzene rings is 1. The molecule has 0 bridgehead atoms. The standard InChI is InChI=1S/C33H57N3O4/c1-10-13-14-15-16-17-23-36(31(38)28(25(5)12-3)35-32(39)40-33(7,8)9)29(27-21-19-24(4)20-22-27)30(37)34-26(6)18-11-2/h19-22,25-26,28-29H,10-18,23H2,1-9H3,(H,34,37)(H,35,39). The van der Waals surface area contributed by atoms with Gasteiger partial charge in [-0.15, -0.1) is 0 Å². The number of nitrogens with one attached hydrogen (secondary N) is 2. The number of amides is 3. The van der Waals surface area contributed by atoms with Crippen LogP contribution >= 0.6 is 0 Å². The smallest absolute Gasteiger partial charge is 0.408 e. The molecule has 7 heteroatoms. The van der Waals surface area contributed by atoms with Gasteiger partial charge in [-0.2, -0.15) is 0 Å². The van der Waals surface area contributed by atoms with E-state index in [0.717, 1.165) is 49.7 Å². The van der Waals surface area contributed by atoms with Crippen molar-refractivity contribution < 1.29 is 19.1 Å². The van der Waals surface area contributed by atoms with E-state index in [1.165, 1.54) is 12.8 Å². The molecule has 4 unspecified atom stereocenters. The molecule has 0 aliphatic carbocycles. The zero-order valence-corrected chi connectivity index (χ0v) is 26.8. The fraction of sp³-hybridized carbons (Fsp3) is 0.727. The van der Waals surface area contributed by atoms with Crippen LogP contribution in [0.25, 0.3) is 0 Å². The van der Waals surface area contributed by atoms with Crippen molar-refractivity contribution in [3.8, 4) is 0 Å². The largest absolute Gasteiger partial charge is 0.444 e. The van der Waals surface area contributed by atoms with Gasteiger partial charge >= 0.3 is 6.09 Å². The Balaban J connectivity index is 3.47. The van der Waals surface area contributed by atoms with Gasteiger partial charge in [0.25, 0.3) is 0 Å². The molecule has 2 N–H and O–H groups in total. The van der Waals surface area contributed by atoms with Gasteiger partial charge in [0.15, 0.2) is 0 Å². The highest BCUT2D eigenvalue weighted by Gasteiger charge is 2.38. The molecule has 4 atom stereocenters. The van der Waals surface area contributed by atoms with Crippen molar-refractivity contribution >= 4 is 17.9 Å². The summed E-state index contributed by atoms with van der Waals surface area (Å²) in [5.41, 5.74) is 1.16. The molecule has 1 rings (SSSR count). The van der Waals surface area contributed by atoms with Gasteiger partial charge in [0.05, 0.1) is 0 Å². The van der Waals surface area contributed by atoms with E-state index >= 15 is 0 Å². The molecule has 7 nitrogen and oxygen atoms in total. The lowest BCUT2D eigenvalue weighted by molar-refractivity contribution is -0.143. The zero-order chi connectivity index (χ0) is 30.3. The quantitative estimate of drug-likeness (QED) is 0.194. The molecule has 0 spiro atoms. The minimum atomic E-state index is -0.811. The molecule has 0 saturated carbocycles. The highest BCUT2D eigenvalue weighted by atomic mass is 16.6. The molecular formula is C33H57N3O4. The first kappa shape index (κ1) is 35.5. The molecule has 0 fully saturated rings. The first-order valence-electron chi connectivity index (χ1n) is 15.5. The minimum absolute atomic E-state index is 0.0123. The van der Waals surface area contributed by atoms with Crippen LogP contribution in [0, 0.1) is 12.8 Å². The van der Waals surface area contributed by atoms with Gasteiger partial charge in [0, 0.05) is 12.6 Å². The minimum Gasteiger partial charge on any atom is -0.444 e. The maximum Gasteiger partial charge on any atom is 0.408 e. The van der Waals surface area contributed by atoms with Crippen molar-refractivity contribution in [2.45, 2.75) is 144 Å². The van der Waals surface area contributed by atoms with Crippen LogP contribution in [-0.4, -0.2) is 47.0 Å². The van der Waals surface area contributed by atoms with Crippen molar-refractivity contribution in [1.29, 1.82) is 0 Å². The summed E-state index contributed by atoms with van der Waals surface area (Å²) in [7, 11) is 0. The van der Waals surface area contributed by atoms with Crippen LogP contribution in [-0.2, 0) is 14.3 Å². The van der Waals surface area contributed by atoms with E-state index < -0.39 is 23.8 Å². The number of hydrogen-bond acceptors (Lipinski definition) is 4. The Morgan fingerprint density at radius 2 is 1.48 bits per heavy atom. The SMILES string of the molecule is CCCCCCCCN(C(=O)C(NC(=O)OC(C)(C)C)C(C)CC)C(C(=O)NC(C)CCC)c1ccc(C)cc1. The first-order chi connectivity index (χ1) is 18.8. The fourth-order valence-corrected chi connectivity index (χ4v) is 4.77. The third kappa shape index (κ3) is 12.7. The fourth-order valence-electron chi connectivity index (χ4n) is 4.77. The van der Waals surface area contributed by atoms with E-state index in [0.29, 0.717) is 13.0 Å². The number of ether oxygens (including phenoxy) is 1. The highest BCUT2D eigenvalue weighted by molar-refractivity contribution is 5.92. The monoisotopic (exact) mass is 559 g/mol. The zero-order valence-electron chi connectivity index (χ0n) is 26.8. The average Bonchev–Trinajstić information content (AvgIpc) is 2.87. The number of unbranched alkanes of at least 4 members (excludes halogenated alkanes) is 5. The summed E-state index contributed by atoms with van der Waals surface area (Å²) in [4.78, 5) is 42.8. The van der Waals surface area contributed by atoms with Gasteiger partial charge < -0.3 is 20.3 Å². The third-order valence-corrected chi connectivity index (χ3v) is 7.25. The Labute approximate surface area is 244 Å². The summed E-state index contributed by atoms with van der Waals surface area (Å²) in [6, 6.07) is 6.20. The molecule has 40 heavy (non-hydrogen) atoms. The average molecular weight is 560 g/mol. The molecular weight excluding hydrogens is 502 g/mol. The summed E-state index contributed by atoms with van der Waals surface area (Å²) in [6.07, 6.45) is 8.25. The third-order valence-electron chi connectivity index (χ3n) is 7.25. The normalized spacial score (nSPS) is 14.5. The van der Waals surface area contributed by atoms with Crippen LogP contribution in [0.1, 0.15) is 130 Å². The van der Waals surface area contributed by atoms with Crippen molar-refractivity contribution in [2.24, 2.45) is 5.92 Å². The lowest BCUT2D eigenvalue weighted by atomic mass is 9.95. The lowest BCUT2D eigenvalue weighted by Crippen LogP contribution is -2.55. The molecule has 0 aromatic heterocycles. The van der Waals surface area contributed by atoms with Crippen molar-refractivity contribution in [2.75, 3.05) is 6.54 Å². The second kappa shape index (κ2) is 18.0. The molecule has 1 aromatic rings. The summed E-state index contributed by atoms with van der Waals surface area (Å²) in [5.74, 6) is -0.588. The lowest BCUT2D eigenvalue weighted by Gasteiger charge is -2.36. The molecule has 228 valence electrons. The maximum atomic E-state index is 14.4. The van der Waals surface area contributed by atoms with Crippen LogP contribution in [0.2, 0.25) is 0 Å². The molecule has 0 saturated heterocycles. The van der Waals surface area contributed by atoms with Gasteiger partial charge in [-0.25, -0.2) is 4.79 Å². The molecule has 1 aromatic carbocycles. The number of carbonyl (C=O) groups is 3. The number of aryl methyl sites for hydroxylation is 1. The first-order valence-corrected chi connectivity index (χ1v) is 15.5. The summed E-state index contributed by atoms with van der Waals surface area (Å²) >= 11 is 0. The Hall–Kier alpha value is -2.57. The van der Waals surface area contributed by atoms with Gasteiger partial charge in [-0.1, -0.05) is 102 Å². The van der Waals surface area contributed by atoms with Gasteiger partial charge in [-0.3, -0.25) is 9.59 Å². The van der Waals surface area contributed by atoms with E-state index in [2.05, 4.69) is 24.5 Å². The van der Waals surface area contributed by atoms with Crippen LogP contribution < -0.4 is 10.6 Å². The number of rotatable bonds is 17. The topological polar surface area (TPSA) is 87.7 Å². The molecule has 3 amide bonds. The summed E-state index contributed by atoms with van der Waals surface area (Å²) in [6.45, 7) is 18.1. The second-order valence-corrected chi connectivity index (χ2v) is 12.3. The second-order valence-electron chi connectivity index (χ2n) is 12.3. The van der Waals surface area contributed by atoms with Gasteiger partial charge in [0.1, 0.15) is 17.7 Å². The Morgan fingerprint density at radius 1 is 0.875 bits per heavy atom. The van der Waals surface area contributed by atoms with Gasteiger partial charge in [0.2, 0.25) is 11.8 Å². The Bertz CT molecular complexity index is 894. The van der Waals surface area contributed by atoms with Crippen LogP contribution in [0.3, 0.4) is 0 Å². The van der Waals surface area contributed by atoms with E-state index in [-0.39, 0.29) is 23.8 Å². The number of nitrogens with zero attached hydrogens (tertiary/aromatic N) is 1. The molecule has 0 aliphatic heterocycles.